The van der Waals surface area contributed by atoms with E-state index in [1.165, 1.54) is 5.38 Å². The lowest BCUT2D eigenvalue weighted by atomic mass is 9.97. The van der Waals surface area contributed by atoms with Gasteiger partial charge in [0.2, 0.25) is 0 Å². The van der Waals surface area contributed by atoms with Crippen molar-refractivity contribution in [2.75, 3.05) is 45.1 Å². The Bertz CT molecular complexity index is 1740. The first kappa shape index (κ1) is 35.3. The van der Waals surface area contributed by atoms with Crippen LogP contribution in [0.1, 0.15) is 24.1 Å². The molecule has 264 valence electrons. The van der Waals surface area contributed by atoms with Gasteiger partial charge in [-0.2, -0.15) is 8.42 Å². The van der Waals surface area contributed by atoms with Crippen molar-refractivity contribution >= 4 is 62.2 Å². The normalized spacial score (nSPS) is 21.2. The zero-order valence-electron chi connectivity index (χ0n) is 25.6. The molecule has 0 radical (unpaired) electrons. The monoisotopic (exact) mass is 723 g/mol. The number of nitrogen functional groups attached to an aromatic ring is 1. The van der Waals surface area contributed by atoms with Gasteiger partial charge in [-0.05, 0) is 50.2 Å². The number of amides is 3. The molecule has 3 amide bonds. The lowest BCUT2D eigenvalue weighted by Gasteiger charge is -2.45. The Morgan fingerprint density at radius 1 is 1.22 bits per heavy atom. The van der Waals surface area contributed by atoms with Gasteiger partial charge in [0.15, 0.2) is 10.8 Å². The Labute approximate surface area is 282 Å². The van der Waals surface area contributed by atoms with Gasteiger partial charge in [0.25, 0.3) is 17.9 Å². The average molecular weight is 724 g/mol. The zero-order chi connectivity index (χ0) is 35.3. The summed E-state index contributed by atoms with van der Waals surface area (Å²) in [5, 5.41) is 20.3. The number of nitrogens with one attached hydrogen (secondary N) is 2. The maximum Gasteiger partial charge on any atom is 0.410 e. The molecule has 3 aliphatic heterocycles. The maximum absolute atomic E-state index is 13.4. The second-order valence-electron chi connectivity index (χ2n) is 11.0. The fraction of sp³-hybridized carbons (Fsp3) is 0.444. The highest BCUT2D eigenvalue weighted by Gasteiger charge is 2.55. The lowest BCUT2D eigenvalue weighted by Crippen LogP contribution is -2.74. The number of carboxylic acids is 1. The van der Waals surface area contributed by atoms with Crippen molar-refractivity contribution in [2.24, 2.45) is 15.9 Å². The van der Waals surface area contributed by atoms with Gasteiger partial charge < -0.3 is 46.4 Å². The van der Waals surface area contributed by atoms with E-state index < -0.39 is 71.2 Å². The Morgan fingerprint density at radius 3 is 2.53 bits per heavy atom. The standard InChI is InChI=1S/C27H33N9O11S2/c28-22(31-15-5-7-30-8-6-15)14-1-3-16(4-2-14)46-12-19(25(39)40)47-34-20(17-13-48-26(29)32-17)23(37)33-21-18(11-35-9-10-45-27(35)41)36(24(21)38)49(42,43)44/h1-4,13,15,18-19,21,30H,5-12H2,(H2,28,31)(H2,29,32)(H,33,37)(H,39,40)(H,42,43,44). The van der Waals surface area contributed by atoms with E-state index in [0.717, 1.165) is 42.2 Å². The van der Waals surface area contributed by atoms with Gasteiger partial charge >= 0.3 is 22.4 Å². The summed E-state index contributed by atoms with van der Waals surface area (Å²) in [6.45, 7) is 0.866. The molecule has 3 fully saturated rings. The van der Waals surface area contributed by atoms with Crippen LogP contribution in [-0.4, -0.2) is 131 Å². The molecule has 0 saturated carbocycles. The van der Waals surface area contributed by atoms with Crippen LogP contribution in [0.4, 0.5) is 9.93 Å². The quantitative estimate of drug-likeness (QED) is 0.0420. The number of hydrogen-bond donors (Lipinski definition) is 6. The third-order valence-corrected chi connectivity index (χ3v) is 9.29. The Hall–Kier alpha value is -5.06. The number of benzene rings is 1. The van der Waals surface area contributed by atoms with Crippen LogP contribution in [-0.2, 0) is 34.3 Å². The van der Waals surface area contributed by atoms with Crippen LogP contribution in [0.5, 0.6) is 5.75 Å². The summed E-state index contributed by atoms with van der Waals surface area (Å²) < 4.78 is 43.8. The minimum Gasteiger partial charge on any atom is -0.489 e. The number of nitrogens with zero attached hydrogens (tertiary/aromatic N) is 5. The number of piperidine rings is 1. The smallest absolute Gasteiger partial charge is 0.410 e. The molecule has 1 aromatic carbocycles. The number of cyclic esters (lactones) is 1. The molecule has 8 N–H and O–H groups in total. The number of aromatic nitrogens is 1. The summed E-state index contributed by atoms with van der Waals surface area (Å²) in [6, 6.07) is 3.65. The number of ether oxygens (including phenoxy) is 2. The van der Waals surface area contributed by atoms with Crippen molar-refractivity contribution in [3.8, 4) is 5.75 Å². The fourth-order valence-corrected chi connectivity index (χ4v) is 6.55. The van der Waals surface area contributed by atoms with E-state index in [-0.39, 0.29) is 40.1 Å². The molecule has 1 aromatic heterocycles. The molecule has 0 spiro atoms. The number of carbonyl (C=O) groups is 4. The SMILES string of the molecule is NC(=NC1CCNCC1)c1ccc(OCC(ON=C(C(=O)NC2C(=O)N(S(=O)(=O)O)C2CN2CCOC2=O)c2csc(N)n2)C(=O)O)cc1. The first-order valence-electron chi connectivity index (χ1n) is 14.8. The van der Waals surface area contributed by atoms with E-state index >= 15 is 0 Å². The lowest BCUT2D eigenvalue weighted by molar-refractivity contribution is -0.152. The first-order chi connectivity index (χ1) is 23.3. The third-order valence-electron chi connectivity index (χ3n) is 7.66. The number of nitrogens with two attached hydrogens (primary N) is 2. The van der Waals surface area contributed by atoms with E-state index in [1.807, 2.05) is 0 Å². The van der Waals surface area contributed by atoms with E-state index in [2.05, 4.69) is 25.8 Å². The van der Waals surface area contributed by atoms with Crippen molar-refractivity contribution in [1.82, 2.24) is 24.8 Å². The van der Waals surface area contributed by atoms with Crippen molar-refractivity contribution in [3.05, 3.63) is 40.9 Å². The van der Waals surface area contributed by atoms with Gasteiger partial charge in [-0.25, -0.2) is 18.9 Å². The van der Waals surface area contributed by atoms with E-state index in [9.17, 15) is 37.3 Å². The highest BCUT2D eigenvalue weighted by atomic mass is 32.2. The Morgan fingerprint density at radius 2 is 1.94 bits per heavy atom. The number of aliphatic imine (C=N–C) groups is 1. The topological polar surface area (TPSA) is 291 Å². The van der Waals surface area contributed by atoms with Gasteiger partial charge in [-0.1, -0.05) is 5.16 Å². The Kier molecular flexibility index (Phi) is 10.8. The fourth-order valence-electron chi connectivity index (χ4n) is 5.13. The van der Waals surface area contributed by atoms with Crippen LogP contribution >= 0.6 is 11.3 Å². The highest BCUT2D eigenvalue weighted by Crippen LogP contribution is 2.26. The molecule has 3 unspecified atom stereocenters. The summed E-state index contributed by atoms with van der Waals surface area (Å²) in [6.07, 6.45) is -0.762. The number of rotatable bonds is 14. The number of carbonyl (C=O) groups excluding carboxylic acids is 3. The van der Waals surface area contributed by atoms with Crippen molar-refractivity contribution in [3.63, 3.8) is 0 Å². The van der Waals surface area contributed by atoms with Gasteiger partial charge in [-0.15, -0.1) is 11.3 Å². The molecule has 3 atom stereocenters. The molecule has 3 aliphatic rings. The van der Waals surface area contributed by atoms with Gasteiger partial charge in [0.1, 0.15) is 36.5 Å². The number of oxime groups is 1. The number of anilines is 1. The summed E-state index contributed by atoms with van der Waals surface area (Å²) in [4.78, 5) is 64.9. The second-order valence-corrected chi connectivity index (χ2v) is 13.1. The number of hydrogen-bond acceptors (Lipinski definition) is 15. The van der Waals surface area contributed by atoms with Crippen LogP contribution < -0.4 is 26.8 Å². The first-order valence-corrected chi connectivity index (χ1v) is 17.1. The second kappa shape index (κ2) is 15.0. The van der Waals surface area contributed by atoms with Crippen LogP contribution in [0.25, 0.3) is 0 Å². The number of aliphatic carboxylic acids is 1. The molecule has 49 heavy (non-hydrogen) atoms. The number of amidine groups is 1. The summed E-state index contributed by atoms with van der Waals surface area (Å²) in [5.41, 5.74) is 11.8. The molecule has 4 heterocycles. The van der Waals surface area contributed by atoms with Gasteiger partial charge in [0, 0.05) is 17.5 Å². The molecule has 2 aromatic rings. The van der Waals surface area contributed by atoms with Crippen molar-refractivity contribution in [1.29, 1.82) is 0 Å². The largest absolute Gasteiger partial charge is 0.489 e. The summed E-state index contributed by atoms with van der Waals surface area (Å²) in [7, 11) is -5.06. The van der Waals surface area contributed by atoms with Crippen LogP contribution in [0.2, 0.25) is 0 Å². The zero-order valence-corrected chi connectivity index (χ0v) is 27.3. The summed E-state index contributed by atoms with van der Waals surface area (Å²) >= 11 is 0.919. The predicted molar refractivity (Wildman–Crippen MR) is 171 cm³/mol. The van der Waals surface area contributed by atoms with Crippen LogP contribution in [0.15, 0.2) is 39.8 Å². The third kappa shape index (κ3) is 8.51. The van der Waals surface area contributed by atoms with E-state index in [1.54, 1.807) is 24.3 Å². The Balaban J connectivity index is 1.27. The average Bonchev–Trinajstić information content (AvgIpc) is 3.68. The van der Waals surface area contributed by atoms with Gasteiger partial charge in [0.05, 0.1) is 18.6 Å². The molecular weight excluding hydrogens is 690 g/mol. The molecule has 3 saturated heterocycles. The molecule has 0 aliphatic carbocycles. The van der Waals surface area contributed by atoms with Crippen molar-refractivity contribution in [2.45, 2.75) is 37.1 Å². The van der Waals surface area contributed by atoms with Crippen LogP contribution in [0.3, 0.4) is 0 Å². The summed E-state index contributed by atoms with van der Waals surface area (Å²) in [5.74, 6) is -3.17. The minimum absolute atomic E-state index is 0.0150. The molecule has 22 heteroatoms. The predicted octanol–water partition coefficient (Wildman–Crippen LogP) is -1.61. The molecule has 5 rings (SSSR count). The number of carboxylic acid groups (broad SMARTS) is 1. The molecule has 0 bridgehead atoms. The van der Waals surface area contributed by atoms with E-state index in [0.29, 0.717) is 11.4 Å². The highest BCUT2D eigenvalue weighted by molar-refractivity contribution is 7.84. The van der Waals surface area contributed by atoms with Crippen molar-refractivity contribution < 1.29 is 51.6 Å². The molecular formula is C27H33N9O11S2. The number of β-lactam (4-membered cyclic amide) rings is 1. The molecule has 20 nitrogen and oxygen atoms in total. The van der Waals surface area contributed by atoms with E-state index in [4.69, 9.17) is 25.8 Å². The van der Waals surface area contributed by atoms with Crippen LogP contribution in [0, 0.1) is 0 Å². The van der Waals surface area contributed by atoms with Gasteiger partial charge in [-0.3, -0.25) is 19.1 Å². The number of thiazole rings is 1. The maximum atomic E-state index is 13.4. The minimum atomic E-state index is -5.06.